The highest BCUT2D eigenvalue weighted by Crippen LogP contribution is 2.38. The highest BCUT2D eigenvalue weighted by Gasteiger charge is 2.32. The van der Waals surface area contributed by atoms with Crippen molar-refractivity contribution in [1.82, 2.24) is 4.90 Å². The molecule has 0 fully saturated rings. The van der Waals surface area contributed by atoms with Gasteiger partial charge in [-0.3, -0.25) is 9.59 Å². The first kappa shape index (κ1) is 16.2. The van der Waals surface area contributed by atoms with Gasteiger partial charge in [0.25, 0.3) is 0 Å². The van der Waals surface area contributed by atoms with Gasteiger partial charge in [-0.2, -0.15) is 0 Å². The van der Waals surface area contributed by atoms with Crippen molar-refractivity contribution in [2.24, 2.45) is 0 Å². The smallest absolute Gasteiger partial charge is 0.223 e. The molecule has 24 heavy (non-hydrogen) atoms. The van der Waals surface area contributed by atoms with Gasteiger partial charge in [-0.25, -0.2) is 0 Å². The number of benzene rings is 2. The van der Waals surface area contributed by atoms with Gasteiger partial charge in [0, 0.05) is 45.1 Å². The van der Waals surface area contributed by atoms with Crippen molar-refractivity contribution in [2.75, 3.05) is 18.5 Å². The molecule has 1 aliphatic heterocycles. The van der Waals surface area contributed by atoms with Gasteiger partial charge in [-0.1, -0.05) is 48.5 Å². The van der Waals surface area contributed by atoms with Crippen LogP contribution in [0.4, 0.5) is 5.69 Å². The highest BCUT2D eigenvalue weighted by atomic mass is 16.2. The fourth-order valence-corrected chi connectivity index (χ4v) is 3.28. The molecule has 0 bridgehead atoms. The summed E-state index contributed by atoms with van der Waals surface area (Å²) in [5.74, 6) is 0.190. The fourth-order valence-electron chi connectivity index (χ4n) is 3.28. The average Bonchev–Trinajstić information content (AvgIpc) is 2.95. The summed E-state index contributed by atoms with van der Waals surface area (Å²) in [6.45, 7) is 2.76. The molecule has 0 aromatic heterocycles. The van der Waals surface area contributed by atoms with E-state index in [-0.39, 0.29) is 17.7 Å². The van der Waals surface area contributed by atoms with Crippen LogP contribution in [0.2, 0.25) is 0 Å². The molecular weight excluding hydrogens is 300 g/mol. The largest absolute Gasteiger partial charge is 0.341 e. The summed E-state index contributed by atoms with van der Waals surface area (Å²) in [5.41, 5.74) is 3.15. The van der Waals surface area contributed by atoms with Gasteiger partial charge >= 0.3 is 0 Å². The van der Waals surface area contributed by atoms with Crippen LogP contribution >= 0.6 is 0 Å². The van der Waals surface area contributed by atoms with E-state index in [2.05, 4.69) is 0 Å². The van der Waals surface area contributed by atoms with Crippen molar-refractivity contribution in [2.45, 2.75) is 25.8 Å². The molecule has 1 atom stereocenters. The van der Waals surface area contributed by atoms with E-state index in [0.29, 0.717) is 19.5 Å². The van der Waals surface area contributed by atoms with Crippen LogP contribution in [-0.2, 0) is 16.1 Å². The molecule has 1 heterocycles. The zero-order valence-electron chi connectivity index (χ0n) is 14.1. The van der Waals surface area contributed by atoms with Gasteiger partial charge in [0.1, 0.15) is 0 Å². The predicted octanol–water partition coefficient (Wildman–Crippen LogP) is 3.19. The quantitative estimate of drug-likeness (QED) is 0.867. The van der Waals surface area contributed by atoms with Crippen LogP contribution in [0, 0.1) is 0 Å². The second kappa shape index (κ2) is 6.87. The maximum atomic E-state index is 12.6. The van der Waals surface area contributed by atoms with E-state index in [4.69, 9.17) is 0 Å². The number of hydrogen-bond donors (Lipinski definition) is 0. The van der Waals surface area contributed by atoms with Crippen molar-refractivity contribution < 1.29 is 9.59 Å². The average molecular weight is 322 g/mol. The molecule has 2 aromatic carbocycles. The Morgan fingerprint density at radius 1 is 1.08 bits per heavy atom. The SMILES string of the molecule is CC(=O)N1CC(CC(=O)N(C)Cc2ccccc2)c2ccccc21. The molecule has 0 N–H and O–H groups in total. The van der Waals surface area contributed by atoms with Crippen molar-refractivity contribution in [1.29, 1.82) is 0 Å². The lowest BCUT2D eigenvalue weighted by atomic mass is 9.97. The molecule has 0 aliphatic carbocycles. The van der Waals surface area contributed by atoms with Crippen LogP contribution in [0.1, 0.15) is 30.4 Å². The summed E-state index contributed by atoms with van der Waals surface area (Å²) in [6.07, 6.45) is 0.421. The van der Waals surface area contributed by atoms with E-state index in [9.17, 15) is 9.59 Å². The number of carbonyl (C=O) groups is 2. The predicted molar refractivity (Wildman–Crippen MR) is 94.7 cm³/mol. The van der Waals surface area contributed by atoms with Gasteiger partial charge < -0.3 is 9.80 Å². The fraction of sp³-hybridized carbons (Fsp3) is 0.300. The second-order valence-corrected chi connectivity index (χ2v) is 6.32. The lowest BCUT2D eigenvalue weighted by molar-refractivity contribution is -0.130. The second-order valence-electron chi connectivity index (χ2n) is 6.32. The number of rotatable bonds is 4. The van der Waals surface area contributed by atoms with Crippen molar-refractivity contribution >= 4 is 17.5 Å². The minimum absolute atomic E-state index is 0.0232. The Balaban J connectivity index is 1.70. The van der Waals surface area contributed by atoms with Crippen molar-refractivity contribution in [3.05, 3.63) is 65.7 Å². The van der Waals surface area contributed by atoms with Crippen LogP contribution in [0.15, 0.2) is 54.6 Å². The maximum absolute atomic E-state index is 12.6. The summed E-state index contributed by atoms with van der Waals surface area (Å²) < 4.78 is 0. The van der Waals surface area contributed by atoms with Gasteiger partial charge in [0.15, 0.2) is 0 Å². The normalized spacial score (nSPS) is 15.9. The zero-order chi connectivity index (χ0) is 17.1. The Labute approximate surface area is 142 Å². The first-order valence-corrected chi connectivity index (χ1v) is 8.21. The summed E-state index contributed by atoms with van der Waals surface area (Å²) in [5, 5.41) is 0. The lowest BCUT2D eigenvalue weighted by Crippen LogP contribution is -2.30. The van der Waals surface area contributed by atoms with E-state index >= 15 is 0 Å². The van der Waals surface area contributed by atoms with Crippen LogP contribution in [0.3, 0.4) is 0 Å². The Hall–Kier alpha value is -2.62. The van der Waals surface area contributed by atoms with Gasteiger partial charge in [0.2, 0.25) is 11.8 Å². The molecule has 2 aromatic rings. The number of para-hydroxylation sites is 1. The molecule has 3 rings (SSSR count). The molecule has 124 valence electrons. The molecule has 0 radical (unpaired) electrons. The Bertz CT molecular complexity index is 742. The standard InChI is InChI=1S/C20H22N2O2/c1-15(23)22-14-17(18-10-6-7-11-19(18)22)12-20(24)21(2)13-16-8-4-3-5-9-16/h3-11,17H,12-14H2,1-2H3. The van der Waals surface area contributed by atoms with Crippen LogP contribution < -0.4 is 4.90 Å². The zero-order valence-corrected chi connectivity index (χ0v) is 14.1. The molecule has 4 nitrogen and oxygen atoms in total. The first-order chi connectivity index (χ1) is 11.6. The molecule has 0 spiro atoms. The van der Waals surface area contributed by atoms with E-state index in [0.717, 1.165) is 16.8 Å². The number of hydrogen-bond acceptors (Lipinski definition) is 2. The minimum atomic E-state index is 0.0232. The molecule has 0 saturated carbocycles. The molecule has 1 aliphatic rings. The van der Waals surface area contributed by atoms with E-state index < -0.39 is 0 Å². The summed E-state index contributed by atoms with van der Waals surface area (Å²) in [7, 11) is 1.83. The molecular formula is C20H22N2O2. The lowest BCUT2D eigenvalue weighted by Gasteiger charge is -2.20. The third-order valence-corrected chi connectivity index (χ3v) is 4.56. The Morgan fingerprint density at radius 3 is 2.46 bits per heavy atom. The number of fused-ring (bicyclic) bond motifs is 1. The van der Waals surface area contributed by atoms with Gasteiger partial charge in [-0.15, -0.1) is 0 Å². The number of amides is 2. The number of carbonyl (C=O) groups excluding carboxylic acids is 2. The molecule has 2 amide bonds. The Kier molecular flexibility index (Phi) is 4.65. The van der Waals surface area contributed by atoms with E-state index in [1.807, 2.05) is 61.6 Å². The summed E-state index contributed by atoms with van der Waals surface area (Å²) in [6, 6.07) is 17.8. The third-order valence-electron chi connectivity index (χ3n) is 4.56. The third kappa shape index (κ3) is 3.32. The first-order valence-electron chi connectivity index (χ1n) is 8.21. The summed E-state index contributed by atoms with van der Waals surface area (Å²) in [4.78, 5) is 28.0. The summed E-state index contributed by atoms with van der Waals surface area (Å²) >= 11 is 0. The topological polar surface area (TPSA) is 40.6 Å². The highest BCUT2D eigenvalue weighted by molar-refractivity contribution is 5.94. The molecule has 4 heteroatoms. The minimum Gasteiger partial charge on any atom is -0.341 e. The molecule has 0 saturated heterocycles. The van der Waals surface area contributed by atoms with Crippen molar-refractivity contribution in [3.63, 3.8) is 0 Å². The van der Waals surface area contributed by atoms with Gasteiger partial charge in [-0.05, 0) is 17.2 Å². The van der Waals surface area contributed by atoms with Gasteiger partial charge in [0.05, 0.1) is 0 Å². The Morgan fingerprint density at radius 2 is 1.75 bits per heavy atom. The monoisotopic (exact) mass is 322 g/mol. The van der Waals surface area contributed by atoms with Crippen LogP contribution in [-0.4, -0.2) is 30.3 Å². The molecule has 1 unspecified atom stereocenters. The van der Waals surface area contributed by atoms with Crippen LogP contribution in [0.25, 0.3) is 0 Å². The maximum Gasteiger partial charge on any atom is 0.223 e. The van der Waals surface area contributed by atoms with Crippen molar-refractivity contribution in [3.8, 4) is 0 Å². The van der Waals surface area contributed by atoms with Crippen LogP contribution in [0.5, 0.6) is 0 Å². The van der Waals surface area contributed by atoms with E-state index in [1.165, 1.54) is 0 Å². The van der Waals surface area contributed by atoms with E-state index in [1.54, 1.807) is 16.7 Å². The number of anilines is 1. The number of nitrogens with zero attached hydrogens (tertiary/aromatic N) is 2.